The van der Waals surface area contributed by atoms with Gasteiger partial charge in [-0.1, -0.05) is 0 Å². The minimum absolute atomic E-state index is 0.154. The molecule has 0 aliphatic heterocycles. The van der Waals surface area contributed by atoms with Crippen LogP contribution in [0, 0.1) is 6.92 Å². The van der Waals surface area contributed by atoms with Crippen LogP contribution in [0.5, 0.6) is 0 Å². The number of aryl methyl sites for hydroxylation is 2. The summed E-state index contributed by atoms with van der Waals surface area (Å²) in [4.78, 5) is 0. The van der Waals surface area contributed by atoms with Gasteiger partial charge in [0.15, 0.2) is 0 Å². The summed E-state index contributed by atoms with van der Waals surface area (Å²) in [6.45, 7) is 1.85. The zero-order chi connectivity index (χ0) is 9.19. The third-order valence-electron chi connectivity index (χ3n) is 1.25. The number of hydrogen-bond donors (Lipinski definition) is 0. The minimum atomic E-state index is -2.87. The Balaban J connectivity index is 2.55. The number of nitrogens with zero attached hydrogens (tertiary/aromatic N) is 2. The molecule has 1 heterocycles. The highest BCUT2D eigenvalue weighted by Crippen LogP contribution is 2.08. The van der Waals surface area contributed by atoms with Crippen LogP contribution in [-0.2, 0) is 16.3 Å². The number of rotatable bonds is 3. The normalized spacial score (nSPS) is 11.8. The summed E-state index contributed by atoms with van der Waals surface area (Å²) in [6, 6.07) is 0. The van der Waals surface area contributed by atoms with Crippen molar-refractivity contribution in [2.45, 2.75) is 13.3 Å². The smallest absolute Gasteiger partial charge is 0.147 e. The van der Waals surface area contributed by atoms with Crippen LogP contribution in [0.3, 0.4) is 0 Å². The van der Waals surface area contributed by atoms with E-state index in [0.29, 0.717) is 6.42 Å². The van der Waals surface area contributed by atoms with Crippen LogP contribution < -0.4 is 0 Å². The van der Waals surface area contributed by atoms with Crippen LogP contribution in [0.25, 0.3) is 0 Å². The first kappa shape index (κ1) is 9.60. The van der Waals surface area contributed by atoms with Crippen molar-refractivity contribution < 1.29 is 8.42 Å². The topological polar surface area (TPSA) is 59.9 Å². The molecular weight excluding hydrogens is 196 g/mol. The van der Waals surface area contributed by atoms with Gasteiger partial charge in [-0.05, 0) is 6.92 Å². The van der Waals surface area contributed by atoms with Gasteiger partial charge in [0, 0.05) is 12.7 Å². The lowest BCUT2D eigenvalue weighted by Crippen LogP contribution is -2.05. The number of hydrogen-bond acceptors (Lipinski definition) is 5. The summed E-state index contributed by atoms with van der Waals surface area (Å²) in [5, 5.41) is 9.28. The van der Waals surface area contributed by atoms with Crippen LogP contribution in [0.15, 0.2) is 0 Å². The maximum atomic E-state index is 10.8. The summed E-state index contributed by atoms with van der Waals surface area (Å²) >= 11 is 1.44. The fourth-order valence-electron chi connectivity index (χ4n) is 0.711. The molecule has 0 radical (unpaired) electrons. The molecule has 4 nitrogen and oxygen atoms in total. The Hall–Kier alpha value is -0.490. The van der Waals surface area contributed by atoms with Gasteiger partial charge in [-0.2, -0.15) is 0 Å². The van der Waals surface area contributed by atoms with E-state index >= 15 is 0 Å². The van der Waals surface area contributed by atoms with E-state index in [1.807, 2.05) is 6.92 Å². The first-order valence-corrected chi connectivity index (χ1v) is 6.32. The summed E-state index contributed by atoms with van der Waals surface area (Å²) in [5.74, 6) is 0.154. The lowest BCUT2D eigenvalue weighted by Gasteiger charge is -1.92. The molecule has 68 valence electrons. The van der Waals surface area contributed by atoms with Crippen LogP contribution in [0.2, 0.25) is 0 Å². The zero-order valence-corrected chi connectivity index (χ0v) is 8.57. The molecule has 0 bridgehead atoms. The standard InChI is InChI=1S/C6H10N2O2S2/c1-5-7-8-6(11-5)3-4-12(2,9)10/h3-4H2,1-2H3. The second-order valence-electron chi connectivity index (χ2n) is 2.59. The average Bonchev–Trinajstić information content (AvgIpc) is 2.30. The number of sulfone groups is 1. The van der Waals surface area contributed by atoms with E-state index in [1.165, 1.54) is 17.6 Å². The van der Waals surface area contributed by atoms with Crippen LogP contribution >= 0.6 is 11.3 Å². The van der Waals surface area contributed by atoms with Crippen molar-refractivity contribution in [2.24, 2.45) is 0 Å². The molecule has 6 heteroatoms. The molecule has 1 aromatic rings. The van der Waals surface area contributed by atoms with Gasteiger partial charge in [0.1, 0.15) is 19.9 Å². The van der Waals surface area contributed by atoms with Crippen LogP contribution in [0.1, 0.15) is 10.0 Å². The molecular formula is C6H10N2O2S2. The second kappa shape index (κ2) is 3.49. The van der Waals surface area contributed by atoms with Gasteiger partial charge >= 0.3 is 0 Å². The van der Waals surface area contributed by atoms with Crippen molar-refractivity contribution in [1.82, 2.24) is 10.2 Å². The predicted octanol–water partition coefficient (Wildman–Crippen LogP) is 0.434. The van der Waals surface area contributed by atoms with Crippen LogP contribution in [-0.4, -0.2) is 30.6 Å². The average molecular weight is 206 g/mol. The Kier molecular flexibility index (Phi) is 2.79. The molecule has 0 spiro atoms. The number of aromatic nitrogens is 2. The predicted molar refractivity (Wildman–Crippen MR) is 48.1 cm³/mol. The first-order chi connectivity index (χ1) is 5.47. The zero-order valence-electron chi connectivity index (χ0n) is 6.94. The molecule has 1 aromatic heterocycles. The third kappa shape index (κ3) is 3.27. The summed E-state index contributed by atoms with van der Waals surface area (Å²) < 4.78 is 21.5. The summed E-state index contributed by atoms with van der Waals surface area (Å²) in [7, 11) is -2.87. The molecule has 0 amide bonds. The molecule has 12 heavy (non-hydrogen) atoms. The molecule has 1 rings (SSSR count). The van der Waals surface area contributed by atoms with Gasteiger partial charge in [0.25, 0.3) is 0 Å². The molecule has 0 saturated carbocycles. The molecule has 0 aliphatic carbocycles. The van der Waals surface area contributed by atoms with E-state index in [0.717, 1.165) is 10.0 Å². The van der Waals surface area contributed by atoms with E-state index in [9.17, 15) is 8.42 Å². The minimum Gasteiger partial charge on any atom is -0.229 e. The maximum absolute atomic E-state index is 10.8. The summed E-state index contributed by atoms with van der Waals surface area (Å²) in [5.41, 5.74) is 0. The fourth-order valence-corrected chi connectivity index (χ4v) is 2.11. The quantitative estimate of drug-likeness (QED) is 0.719. The Morgan fingerprint density at radius 2 is 2.08 bits per heavy atom. The van der Waals surface area contributed by atoms with Crippen molar-refractivity contribution in [3.63, 3.8) is 0 Å². The van der Waals surface area contributed by atoms with Gasteiger partial charge in [-0.15, -0.1) is 21.5 Å². The highest BCUT2D eigenvalue weighted by molar-refractivity contribution is 7.90. The van der Waals surface area contributed by atoms with Crippen molar-refractivity contribution in [3.05, 3.63) is 10.0 Å². The van der Waals surface area contributed by atoms with Crippen LogP contribution in [0.4, 0.5) is 0 Å². The Morgan fingerprint density at radius 3 is 2.50 bits per heavy atom. The molecule has 0 N–H and O–H groups in total. The lowest BCUT2D eigenvalue weighted by atomic mass is 10.5. The van der Waals surface area contributed by atoms with E-state index in [1.54, 1.807) is 0 Å². The summed E-state index contributed by atoms with van der Waals surface area (Å²) in [6.07, 6.45) is 1.70. The maximum Gasteiger partial charge on any atom is 0.147 e. The second-order valence-corrected chi connectivity index (χ2v) is 6.12. The largest absolute Gasteiger partial charge is 0.229 e. The van der Waals surface area contributed by atoms with E-state index in [-0.39, 0.29) is 5.75 Å². The van der Waals surface area contributed by atoms with Crippen molar-refractivity contribution >= 4 is 21.2 Å². The Bertz CT molecular complexity index is 355. The third-order valence-corrected chi connectivity index (χ3v) is 3.10. The molecule has 0 unspecified atom stereocenters. The Labute approximate surface area is 75.6 Å². The molecule has 0 fully saturated rings. The highest BCUT2D eigenvalue weighted by Gasteiger charge is 2.05. The van der Waals surface area contributed by atoms with Crippen molar-refractivity contribution in [2.75, 3.05) is 12.0 Å². The van der Waals surface area contributed by atoms with E-state index in [4.69, 9.17) is 0 Å². The van der Waals surface area contributed by atoms with Gasteiger partial charge in [0.05, 0.1) is 5.75 Å². The first-order valence-electron chi connectivity index (χ1n) is 3.44. The lowest BCUT2D eigenvalue weighted by molar-refractivity contribution is 0.601. The Morgan fingerprint density at radius 1 is 1.42 bits per heavy atom. The van der Waals surface area contributed by atoms with Crippen molar-refractivity contribution in [3.8, 4) is 0 Å². The fraction of sp³-hybridized carbons (Fsp3) is 0.667. The molecule has 0 aliphatic rings. The highest BCUT2D eigenvalue weighted by atomic mass is 32.2. The van der Waals surface area contributed by atoms with E-state index < -0.39 is 9.84 Å². The molecule has 0 aromatic carbocycles. The molecule has 0 saturated heterocycles. The molecule has 0 atom stereocenters. The van der Waals surface area contributed by atoms with Gasteiger partial charge in [-0.25, -0.2) is 8.42 Å². The van der Waals surface area contributed by atoms with Gasteiger partial charge in [-0.3, -0.25) is 0 Å². The van der Waals surface area contributed by atoms with Crippen molar-refractivity contribution in [1.29, 1.82) is 0 Å². The van der Waals surface area contributed by atoms with Gasteiger partial charge < -0.3 is 0 Å². The van der Waals surface area contributed by atoms with Gasteiger partial charge in [0.2, 0.25) is 0 Å². The van der Waals surface area contributed by atoms with E-state index in [2.05, 4.69) is 10.2 Å². The monoisotopic (exact) mass is 206 g/mol. The SMILES string of the molecule is Cc1nnc(CCS(C)(=O)=O)s1.